The molecule has 0 heterocycles. The van der Waals surface area contributed by atoms with E-state index in [1.807, 2.05) is 0 Å². The number of sulfonamides is 1. The van der Waals surface area contributed by atoms with E-state index in [4.69, 9.17) is 0 Å². The number of benzene rings is 1. The molecule has 0 aliphatic heterocycles. The summed E-state index contributed by atoms with van der Waals surface area (Å²) in [5, 5.41) is 2.98. The first kappa shape index (κ1) is 17.0. The molecule has 1 aromatic carbocycles. The molecule has 0 atom stereocenters. The molecule has 0 radical (unpaired) electrons. The number of nitrogens with zero attached hydrogens (tertiary/aromatic N) is 1. The van der Waals surface area contributed by atoms with Gasteiger partial charge in [0.15, 0.2) is 0 Å². The van der Waals surface area contributed by atoms with Crippen LogP contribution in [0.2, 0.25) is 0 Å². The lowest BCUT2D eigenvalue weighted by Crippen LogP contribution is -2.33. The zero-order valence-electron chi connectivity index (χ0n) is 13.2. The van der Waals surface area contributed by atoms with Gasteiger partial charge < -0.3 is 5.32 Å². The Hall–Kier alpha value is -1.40. The average Bonchev–Trinajstić information content (AvgIpc) is 3.01. The van der Waals surface area contributed by atoms with Crippen LogP contribution in [0.3, 0.4) is 0 Å². The summed E-state index contributed by atoms with van der Waals surface area (Å²) < 4.78 is 26.4. The topological polar surface area (TPSA) is 66.5 Å². The Morgan fingerprint density at radius 3 is 2.45 bits per heavy atom. The van der Waals surface area contributed by atoms with Crippen LogP contribution in [0.15, 0.2) is 29.2 Å². The van der Waals surface area contributed by atoms with Crippen LogP contribution < -0.4 is 5.32 Å². The molecule has 0 aromatic heterocycles. The number of hydrogen-bond donors (Lipinski definition) is 1. The number of carbonyl (C=O) groups is 1. The summed E-state index contributed by atoms with van der Waals surface area (Å²) >= 11 is 0. The Morgan fingerprint density at radius 2 is 1.86 bits per heavy atom. The van der Waals surface area contributed by atoms with E-state index in [-0.39, 0.29) is 16.8 Å². The molecule has 1 amide bonds. The smallest absolute Gasteiger partial charge is 0.251 e. The van der Waals surface area contributed by atoms with Gasteiger partial charge in [0.1, 0.15) is 0 Å². The lowest BCUT2D eigenvalue weighted by atomic mass is 10.2. The molecule has 1 aliphatic rings. The highest BCUT2D eigenvalue weighted by atomic mass is 32.2. The summed E-state index contributed by atoms with van der Waals surface area (Å²) in [5.41, 5.74) is 0.403. The Kier molecular flexibility index (Phi) is 5.58. The van der Waals surface area contributed by atoms with Crippen molar-refractivity contribution in [1.29, 1.82) is 0 Å². The molecule has 1 fully saturated rings. The Morgan fingerprint density at radius 1 is 1.23 bits per heavy atom. The zero-order chi connectivity index (χ0) is 16.2. The van der Waals surface area contributed by atoms with Crippen LogP contribution >= 0.6 is 0 Å². The second kappa shape index (κ2) is 7.24. The van der Waals surface area contributed by atoms with E-state index in [2.05, 4.69) is 5.32 Å². The van der Waals surface area contributed by atoms with E-state index >= 15 is 0 Å². The Bertz CT molecular complexity index is 618. The Balaban J connectivity index is 2.20. The van der Waals surface area contributed by atoms with Gasteiger partial charge in [-0.25, -0.2) is 8.42 Å². The van der Waals surface area contributed by atoms with Gasteiger partial charge in [-0.2, -0.15) is 4.31 Å². The van der Waals surface area contributed by atoms with Crippen LogP contribution in [0, 0.1) is 0 Å². The Labute approximate surface area is 132 Å². The molecule has 1 saturated carbocycles. The van der Waals surface area contributed by atoms with E-state index in [9.17, 15) is 13.2 Å². The van der Waals surface area contributed by atoms with E-state index in [1.54, 1.807) is 32.0 Å². The highest BCUT2D eigenvalue weighted by Gasteiger charge is 2.23. The average molecular weight is 324 g/mol. The molecule has 22 heavy (non-hydrogen) atoms. The molecule has 0 spiro atoms. The summed E-state index contributed by atoms with van der Waals surface area (Å²) in [7, 11) is -3.53. The standard InChI is InChI=1S/C16H24N2O3S/c1-3-18(4-2)22(20,21)15-11-7-8-13(12-15)16(19)17-14-9-5-6-10-14/h7-8,11-12,14H,3-6,9-10H2,1-2H3,(H,17,19). The molecule has 1 aliphatic carbocycles. The maximum atomic E-state index is 12.5. The molecule has 5 nitrogen and oxygen atoms in total. The van der Waals surface area contributed by atoms with Crippen molar-refractivity contribution in [1.82, 2.24) is 9.62 Å². The molecule has 122 valence electrons. The number of hydrogen-bond acceptors (Lipinski definition) is 3. The molecular weight excluding hydrogens is 300 g/mol. The fraction of sp³-hybridized carbons (Fsp3) is 0.562. The predicted octanol–water partition coefficient (Wildman–Crippen LogP) is 2.39. The fourth-order valence-electron chi connectivity index (χ4n) is 2.85. The van der Waals surface area contributed by atoms with Crippen molar-refractivity contribution in [2.75, 3.05) is 13.1 Å². The van der Waals surface area contributed by atoms with Crippen LogP contribution in [0.4, 0.5) is 0 Å². The second-order valence-electron chi connectivity index (χ2n) is 5.57. The number of carbonyl (C=O) groups excluding carboxylic acids is 1. The van der Waals surface area contributed by atoms with Gasteiger partial charge in [0.2, 0.25) is 10.0 Å². The first-order valence-corrected chi connectivity index (χ1v) is 9.34. The first-order valence-electron chi connectivity index (χ1n) is 7.90. The van der Waals surface area contributed by atoms with Crippen molar-refractivity contribution >= 4 is 15.9 Å². The molecule has 0 unspecified atom stereocenters. The molecule has 2 rings (SSSR count). The van der Waals surface area contributed by atoms with Crippen molar-refractivity contribution in [2.45, 2.75) is 50.5 Å². The van der Waals surface area contributed by atoms with Crippen molar-refractivity contribution in [2.24, 2.45) is 0 Å². The highest BCUT2D eigenvalue weighted by molar-refractivity contribution is 7.89. The third-order valence-corrected chi connectivity index (χ3v) is 6.18. The normalized spacial score (nSPS) is 16.1. The van der Waals surface area contributed by atoms with E-state index in [1.165, 1.54) is 10.4 Å². The van der Waals surface area contributed by atoms with Gasteiger partial charge in [-0.15, -0.1) is 0 Å². The van der Waals surface area contributed by atoms with Gasteiger partial charge in [-0.1, -0.05) is 32.8 Å². The van der Waals surface area contributed by atoms with Crippen LogP contribution in [-0.4, -0.2) is 37.8 Å². The van der Waals surface area contributed by atoms with Crippen molar-refractivity contribution < 1.29 is 13.2 Å². The third-order valence-electron chi connectivity index (χ3n) is 4.13. The quantitative estimate of drug-likeness (QED) is 0.874. The van der Waals surface area contributed by atoms with Crippen molar-refractivity contribution in [3.05, 3.63) is 29.8 Å². The van der Waals surface area contributed by atoms with Crippen molar-refractivity contribution in [3.63, 3.8) is 0 Å². The molecule has 0 bridgehead atoms. The summed E-state index contributed by atoms with van der Waals surface area (Å²) in [6, 6.07) is 6.51. The van der Waals surface area contributed by atoms with Gasteiger partial charge >= 0.3 is 0 Å². The second-order valence-corrected chi connectivity index (χ2v) is 7.51. The molecule has 1 aromatic rings. The monoisotopic (exact) mass is 324 g/mol. The lowest BCUT2D eigenvalue weighted by Gasteiger charge is -2.19. The van der Waals surface area contributed by atoms with Crippen molar-refractivity contribution in [3.8, 4) is 0 Å². The van der Waals surface area contributed by atoms with E-state index < -0.39 is 10.0 Å². The number of amides is 1. The lowest BCUT2D eigenvalue weighted by molar-refractivity contribution is 0.0937. The van der Waals surface area contributed by atoms with Gasteiger partial charge in [0.25, 0.3) is 5.91 Å². The fourth-order valence-corrected chi connectivity index (χ4v) is 4.35. The minimum absolute atomic E-state index is 0.176. The summed E-state index contributed by atoms with van der Waals surface area (Å²) in [6.45, 7) is 4.43. The maximum absolute atomic E-state index is 12.5. The van der Waals surface area contributed by atoms with Gasteiger partial charge in [-0.05, 0) is 31.0 Å². The highest BCUT2D eigenvalue weighted by Crippen LogP contribution is 2.20. The van der Waals surface area contributed by atoms with Crippen LogP contribution in [0.1, 0.15) is 49.9 Å². The molecule has 1 N–H and O–H groups in total. The summed E-state index contributed by atoms with van der Waals surface area (Å²) in [4.78, 5) is 12.4. The first-order chi connectivity index (χ1) is 10.5. The van der Waals surface area contributed by atoms with Gasteiger partial charge in [0, 0.05) is 24.7 Å². The predicted molar refractivity (Wildman–Crippen MR) is 86.3 cm³/mol. The zero-order valence-corrected chi connectivity index (χ0v) is 14.0. The molecule has 6 heteroatoms. The largest absolute Gasteiger partial charge is 0.349 e. The van der Waals surface area contributed by atoms with Gasteiger partial charge in [-0.3, -0.25) is 4.79 Å². The SMILES string of the molecule is CCN(CC)S(=O)(=O)c1cccc(C(=O)NC2CCCC2)c1. The maximum Gasteiger partial charge on any atom is 0.251 e. The van der Waals surface area contributed by atoms with E-state index in [0.717, 1.165) is 25.7 Å². The van der Waals surface area contributed by atoms with Gasteiger partial charge in [0.05, 0.1) is 4.90 Å². The van der Waals surface area contributed by atoms with Crippen LogP contribution in [0.25, 0.3) is 0 Å². The summed E-state index contributed by atoms with van der Waals surface area (Å²) in [6.07, 6.45) is 4.29. The van der Waals surface area contributed by atoms with E-state index in [0.29, 0.717) is 18.7 Å². The minimum atomic E-state index is -3.53. The summed E-state index contributed by atoms with van der Waals surface area (Å²) in [5.74, 6) is -0.191. The van der Waals surface area contributed by atoms with Crippen LogP contribution in [0.5, 0.6) is 0 Å². The number of rotatable bonds is 6. The number of nitrogens with one attached hydrogen (secondary N) is 1. The van der Waals surface area contributed by atoms with Crippen LogP contribution in [-0.2, 0) is 10.0 Å². The minimum Gasteiger partial charge on any atom is -0.349 e. The third kappa shape index (κ3) is 3.67. The molecule has 0 saturated heterocycles. The molecular formula is C16H24N2O3S.